The fourth-order valence-electron chi connectivity index (χ4n) is 8.95. The van der Waals surface area contributed by atoms with E-state index in [1.165, 1.54) is 19.8 Å². The number of rotatable bonds is 6. The molecule has 0 aromatic carbocycles. The molecule has 7 heteroatoms. The van der Waals surface area contributed by atoms with Gasteiger partial charge in [-0.2, -0.15) is 0 Å². The van der Waals surface area contributed by atoms with E-state index in [1.807, 2.05) is 0 Å². The fraction of sp³-hybridized carbons (Fsp3) is 0.897. The Kier molecular flexibility index (Phi) is 7.27. The molecule has 0 radical (unpaired) electrons. The van der Waals surface area contributed by atoms with E-state index < -0.39 is 47.0 Å². The van der Waals surface area contributed by atoms with Crippen molar-refractivity contribution in [3.05, 3.63) is 11.6 Å². The lowest BCUT2D eigenvalue weighted by Gasteiger charge is -2.67. The summed E-state index contributed by atoms with van der Waals surface area (Å²) in [6.45, 7) is 12.0. The summed E-state index contributed by atoms with van der Waals surface area (Å²) in [5, 5.41) is 56.7. The zero-order valence-corrected chi connectivity index (χ0v) is 22.9. The van der Waals surface area contributed by atoms with E-state index in [0.717, 1.165) is 19.3 Å². The molecule has 4 rings (SSSR count). The Hall–Kier alpha value is -0.990. The minimum Gasteiger partial charge on any atom is -0.459 e. The van der Waals surface area contributed by atoms with Crippen LogP contribution in [0.25, 0.3) is 0 Å². The molecular weight excluding hydrogens is 460 g/mol. The van der Waals surface area contributed by atoms with Crippen molar-refractivity contribution in [3.8, 4) is 0 Å². The van der Waals surface area contributed by atoms with Gasteiger partial charge < -0.3 is 30.3 Å². The third-order valence-electron chi connectivity index (χ3n) is 11.0. The Balaban J connectivity index is 1.78. The van der Waals surface area contributed by atoms with Gasteiger partial charge in [-0.3, -0.25) is 4.79 Å². The lowest BCUT2D eigenvalue weighted by Crippen LogP contribution is -2.78. The Labute approximate surface area is 215 Å². The van der Waals surface area contributed by atoms with Crippen molar-refractivity contribution in [2.45, 2.75) is 129 Å². The Morgan fingerprint density at radius 2 is 1.67 bits per heavy atom. The molecule has 0 aliphatic heterocycles. The molecule has 0 aromatic heterocycles. The molecule has 3 saturated carbocycles. The maximum Gasteiger partial charge on any atom is 0.303 e. The molecule has 7 nitrogen and oxygen atoms in total. The lowest BCUT2D eigenvalue weighted by molar-refractivity contribution is -0.297. The van der Waals surface area contributed by atoms with Crippen LogP contribution in [0.5, 0.6) is 0 Å². The predicted molar refractivity (Wildman–Crippen MR) is 136 cm³/mol. The summed E-state index contributed by atoms with van der Waals surface area (Å²) in [6.07, 6.45) is 2.31. The first kappa shape index (κ1) is 28.0. The predicted octanol–water partition coefficient (Wildman–Crippen LogP) is 3.10. The quantitative estimate of drug-likeness (QED) is 0.276. The molecule has 11 atom stereocenters. The summed E-state index contributed by atoms with van der Waals surface area (Å²) in [6, 6.07) is 0. The van der Waals surface area contributed by atoms with E-state index in [-0.39, 0.29) is 24.2 Å². The zero-order valence-electron chi connectivity index (χ0n) is 22.9. The van der Waals surface area contributed by atoms with Crippen LogP contribution in [0, 0.1) is 34.5 Å². The van der Waals surface area contributed by atoms with Gasteiger partial charge in [-0.1, -0.05) is 60.0 Å². The number of hydrogen-bond acceptors (Lipinski definition) is 7. The molecule has 1 unspecified atom stereocenters. The number of ether oxygens (including phenoxy) is 1. The average molecular weight is 509 g/mol. The Bertz CT molecular complexity index is 887. The molecule has 5 N–H and O–H groups in total. The molecule has 206 valence electrons. The van der Waals surface area contributed by atoms with E-state index in [0.29, 0.717) is 29.7 Å². The number of hydrogen-bond donors (Lipinski definition) is 5. The van der Waals surface area contributed by atoms with Crippen LogP contribution in [-0.4, -0.2) is 67.1 Å². The number of fused-ring (bicyclic) bond motifs is 5. The van der Waals surface area contributed by atoms with Crippen molar-refractivity contribution < 1.29 is 35.1 Å². The summed E-state index contributed by atoms with van der Waals surface area (Å²) < 4.78 is 5.87. The molecule has 0 saturated heterocycles. The first-order valence-electron chi connectivity index (χ1n) is 14.0. The number of aliphatic hydroxyl groups excluding tert-OH is 3. The van der Waals surface area contributed by atoms with Crippen LogP contribution in [0.3, 0.4) is 0 Å². The van der Waals surface area contributed by atoms with Crippen LogP contribution in [0.1, 0.15) is 92.9 Å². The first-order chi connectivity index (χ1) is 16.6. The second-order valence-corrected chi connectivity index (χ2v) is 13.5. The highest BCUT2D eigenvalue weighted by Crippen LogP contribution is 2.69. The largest absolute Gasteiger partial charge is 0.459 e. The molecular formula is C29H48O7. The molecule has 3 fully saturated rings. The van der Waals surface area contributed by atoms with Crippen molar-refractivity contribution in [1.82, 2.24) is 0 Å². The van der Waals surface area contributed by atoms with E-state index >= 15 is 0 Å². The highest BCUT2D eigenvalue weighted by atomic mass is 16.6. The Morgan fingerprint density at radius 3 is 2.28 bits per heavy atom. The van der Waals surface area contributed by atoms with E-state index in [9.17, 15) is 30.3 Å². The van der Waals surface area contributed by atoms with Gasteiger partial charge in [0.25, 0.3) is 0 Å². The highest BCUT2D eigenvalue weighted by Gasteiger charge is 2.75. The zero-order chi connectivity index (χ0) is 26.8. The third-order valence-corrected chi connectivity index (χ3v) is 11.0. The summed E-state index contributed by atoms with van der Waals surface area (Å²) >= 11 is 0. The second kappa shape index (κ2) is 9.33. The number of carbonyl (C=O) groups is 1. The van der Waals surface area contributed by atoms with Crippen LogP contribution in [0.2, 0.25) is 0 Å². The molecule has 4 aliphatic rings. The normalized spacial score (nSPS) is 49.1. The summed E-state index contributed by atoms with van der Waals surface area (Å²) in [5.74, 6) is 0.967. The van der Waals surface area contributed by atoms with E-state index in [2.05, 4.69) is 27.7 Å². The van der Waals surface area contributed by atoms with Gasteiger partial charge in [0.1, 0.15) is 23.4 Å². The SMILES string of the molecule is CC(=O)O[C@@H]1C[C@@]2(C)C(CC[C@@H]2[C@H](C)CCCC(C)C)C2=C[C@@H](O)[C@@]3(O)C[C@@H](O)[C@H](O)C[C@]3(C)[C@]21O. The monoisotopic (exact) mass is 508 g/mol. The van der Waals surface area contributed by atoms with Crippen LogP contribution in [-0.2, 0) is 9.53 Å². The molecule has 4 aliphatic carbocycles. The highest BCUT2D eigenvalue weighted by molar-refractivity contribution is 5.66. The van der Waals surface area contributed by atoms with Crippen molar-refractivity contribution in [1.29, 1.82) is 0 Å². The van der Waals surface area contributed by atoms with Gasteiger partial charge >= 0.3 is 5.97 Å². The molecule has 0 spiro atoms. The Morgan fingerprint density at radius 1 is 1.03 bits per heavy atom. The lowest BCUT2D eigenvalue weighted by atomic mass is 9.42. The standard InChI is InChI=1S/C29H48O7/c1-16(2)8-7-9-17(3)19-10-11-20-21-12-24(33)28(34)14-23(32)22(31)13-27(28,6)29(21,35)25(36-18(4)30)15-26(19,20)5/h12,16-17,19-20,22-25,31-35H,7-11,13-15H2,1-6H3/t17-,19-,20?,22-,23-,24-,25-,26-,27+,28+,29+/m1/s1. The molecule has 0 amide bonds. The van der Waals surface area contributed by atoms with Crippen LogP contribution < -0.4 is 0 Å². The fourth-order valence-corrected chi connectivity index (χ4v) is 8.95. The van der Waals surface area contributed by atoms with Crippen molar-refractivity contribution in [2.75, 3.05) is 0 Å². The average Bonchev–Trinajstić information content (AvgIpc) is 3.10. The molecule has 0 bridgehead atoms. The number of esters is 1. The van der Waals surface area contributed by atoms with Crippen molar-refractivity contribution in [3.63, 3.8) is 0 Å². The molecule has 0 heterocycles. The molecule has 0 aromatic rings. The summed E-state index contributed by atoms with van der Waals surface area (Å²) in [4.78, 5) is 12.3. The minimum absolute atomic E-state index is 0.0353. The van der Waals surface area contributed by atoms with Gasteiger partial charge in [0.15, 0.2) is 0 Å². The van der Waals surface area contributed by atoms with Gasteiger partial charge in [-0.25, -0.2) is 0 Å². The maximum atomic E-state index is 12.6. The van der Waals surface area contributed by atoms with Crippen LogP contribution in [0.15, 0.2) is 11.6 Å². The van der Waals surface area contributed by atoms with Gasteiger partial charge in [0.2, 0.25) is 0 Å². The topological polar surface area (TPSA) is 127 Å². The van der Waals surface area contributed by atoms with Gasteiger partial charge in [-0.05, 0) is 60.3 Å². The maximum absolute atomic E-state index is 12.6. The van der Waals surface area contributed by atoms with Crippen molar-refractivity contribution in [2.24, 2.45) is 34.5 Å². The minimum atomic E-state index is -1.88. The first-order valence-corrected chi connectivity index (χ1v) is 14.0. The van der Waals surface area contributed by atoms with Crippen LogP contribution in [0.4, 0.5) is 0 Å². The van der Waals surface area contributed by atoms with Crippen molar-refractivity contribution >= 4 is 5.97 Å². The smallest absolute Gasteiger partial charge is 0.303 e. The second-order valence-electron chi connectivity index (χ2n) is 13.5. The van der Waals surface area contributed by atoms with Crippen LogP contribution >= 0.6 is 0 Å². The van der Waals surface area contributed by atoms with Gasteiger partial charge in [0.05, 0.1) is 12.2 Å². The van der Waals surface area contributed by atoms with Gasteiger partial charge in [-0.15, -0.1) is 0 Å². The number of carbonyl (C=O) groups excluding carboxylic acids is 1. The van der Waals surface area contributed by atoms with E-state index in [4.69, 9.17) is 4.74 Å². The van der Waals surface area contributed by atoms with Gasteiger partial charge in [0, 0.05) is 18.8 Å². The third kappa shape index (κ3) is 3.91. The summed E-state index contributed by atoms with van der Waals surface area (Å²) in [5.41, 5.74) is -4.69. The van der Waals surface area contributed by atoms with E-state index in [1.54, 1.807) is 13.0 Å². The number of aliphatic hydroxyl groups is 5. The summed E-state index contributed by atoms with van der Waals surface area (Å²) in [7, 11) is 0. The molecule has 36 heavy (non-hydrogen) atoms.